The summed E-state index contributed by atoms with van der Waals surface area (Å²) in [7, 11) is 0. The van der Waals surface area contributed by atoms with E-state index in [9.17, 15) is 50.9 Å². The number of carbonyl (C=O) groups excluding carboxylic acids is 3. The third-order valence-electron chi connectivity index (χ3n) is 4.93. The third-order valence-corrected chi connectivity index (χ3v) is 4.93. The fourth-order valence-corrected chi connectivity index (χ4v) is 3.20. The molecule has 0 atom stereocenters. The van der Waals surface area contributed by atoms with Crippen LogP contribution >= 0.6 is 0 Å². The van der Waals surface area contributed by atoms with Gasteiger partial charge in [-0.15, -0.1) is 26.3 Å². The number of esters is 1. The fraction of sp³-hybridized carbons (Fsp3) is 0.269. The predicted molar refractivity (Wildman–Crippen MR) is 127 cm³/mol. The molecule has 0 aliphatic heterocycles. The Morgan fingerprint density at radius 3 is 1.60 bits per heavy atom. The van der Waals surface area contributed by atoms with E-state index < -0.39 is 59.2 Å². The van der Waals surface area contributed by atoms with Gasteiger partial charge in [0.05, 0.1) is 12.5 Å². The smallest absolute Gasteiger partial charge is 0.504 e. The molecule has 0 aliphatic carbocycles. The second-order valence-electron chi connectivity index (χ2n) is 8.06. The van der Waals surface area contributed by atoms with Crippen molar-refractivity contribution in [3.63, 3.8) is 0 Å². The van der Waals surface area contributed by atoms with Crippen LogP contribution in [0, 0.1) is 5.92 Å². The lowest BCUT2D eigenvalue weighted by Crippen LogP contribution is -2.22. The van der Waals surface area contributed by atoms with Gasteiger partial charge in [0.15, 0.2) is 34.6 Å². The van der Waals surface area contributed by atoms with Gasteiger partial charge in [-0.05, 0) is 60.4 Å². The second-order valence-corrected chi connectivity index (χ2v) is 8.06. The monoisotopic (exact) mass is 576 g/mol. The molecule has 0 unspecified atom stereocenters. The summed E-state index contributed by atoms with van der Waals surface area (Å²) in [5.41, 5.74) is 0.0432. The van der Waals surface area contributed by atoms with Crippen molar-refractivity contribution in [1.82, 2.24) is 0 Å². The average Bonchev–Trinajstić information content (AvgIpc) is 2.82. The molecule has 0 aromatic heterocycles. The Morgan fingerprint density at radius 2 is 1.23 bits per heavy atom. The van der Waals surface area contributed by atoms with E-state index in [0.29, 0.717) is 0 Å². The van der Waals surface area contributed by atoms with Gasteiger partial charge in [0.25, 0.3) is 0 Å². The number of phenols is 2. The van der Waals surface area contributed by atoms with Crippen molar-refractivity contribution in [2.24, 2.45) is 5.92 Å². The van der Waals surface area contributed by atoms with E-state index >= 15 is 0 Å². The predicted octanol–water partition coefficient (Wildman–Crippen LogP) is 5.72. The van der Waals surface area contributed by atoms with E-state index in [4.69, 9.17) is 4.74 Å². The number of benzene rings is 2. The minimum Gasteiger partial charge on any atom is -0.504 e. The quantitative estimate of drug-likeness (QED) is 0.108. The summed E-state index contributed by atoms with van der Waals surface area (Å²) in [5.74, 6) is -6.95. The number of alkyl halides is 6. The van der Waals surface area contributed by atoms with Crippen LogP contribution in [0.4, 0.5) is 26.3 Å². The number of halogens is 6. The highest BCUT2D eigenvalue weighted by molar-refractivity contribution is 6.13. The van der Waals surface area contributed by atoms with E-state index in [0.717, 1.165) is 55.5 Å². The lowest BCUT2D eigenvalue weighted by Gasteiger charge is -2.12. The van der Waals surface area contributed by atoms with Crippen molar-refractivity contribution in [3.8, 4) is 23.0 Å². The number of allylic oxidation sites excluding steroid dienone is 2. The number of carbonyl (C=O) groups is 3. The Morgan fingerprint density at radius 1 is 0.800 bits per heavy atom. The first-order chi connectivity index (χ1) is 18.5. The number of ketones is 2. The lowest BCUT2D eigenvalue weighted by molar-refractivity contribution is -0.276. The molecule has 216 valence electrons. The molecule has 2 N–H and O–H groups in total. The van der Waals surface area contributed by atoms with Gasteiger partial charge in [-0.3, -0.25) is 14.4 Å². The summed E-state index contributed by atoms with van der Waals surface area (Å²) in [6.07, 6.45) is -6.20. The van der Waals surface area contributed by atoms with Crippen LogP contribution in [0.3, 0.4) is 0 Å². The third kappa shape index (κ3) is 11.1. The van der Waals surface area contributed by atoms with E-state index in [1.165, 1.54) is 12.1 Å². The first kappa shape index (κ1) is 31.7. The maximum Gasteiger partial charge on any atom is 0.573 e. The number of rotatable bonds is 12. The highest BCUT2D eigenvalue weighted by Crippen LogP contribution is 2.33. The number of ether oxygens (including phenoxy) is 3. The highest BCUT2D eigenvalue weighted by Gasteiger charge is 2.33. The lowest BCUT2D eigenvalue weighted by atomic mass is 9.92. The molecule has 40 heavy (non-hydrogen) atoms. The van der Waals surface area contributed by atoms with Crippen LogP contribution in [0.1, 0.15) is 30.9 Å². The van der Waals surface area contributed by atoms with E-state index in [2.05, 4.69) is 9.47 Å². The molecule has 0 radical (unpaired) electrons. The van der Waals surface area contributed by atoms with Gasteiger partial charge in [0, 0.05) is 6.92 Å². The van der Waals surface area contributed by atoms with Crippen LogP contribution in [-0.2, 0) is 19.1 Å². The molecule has 0 fully saturated rings. The van der Waals surface area contributed by atoms with Crippen molar-refractivity contribution in [3.05, 3.63) is 59.7 Å². The molecule has 0 bridgehead atoms. The van der Waals surface area contributed by atoms with Crippen molar-refractivity contribution in [2.45, 2.75) is 32.5 Å². The summed E-state index contributed by atoms with van der Waals surface area (Å²) in [6, 6.07) is 5.82. The summed E-state index contributed by atoms with van der Waals surface area (Å²) < 4.78 is 87.3. The zero-order valence-electron chi connectivity index (χ0n) is 20.6. The number of hydrogen-bond donors (Lipinski definition) is 2. The van der Waals surface area contributed by atoms with Crippen molar-refractivity contribution in [1.29, 1.82) is 0 Å². The van der Waals surface area contributed by atoms with Crippen LogP contribution in [0.15, 0.2) is 48.6 Å². The Bertz CT molecular complexity index is 1190. The fourth-order valence-electron chi connectivity index (χ4n) is 3.20. The Kier molecular flexibility index (Phi) is 10.7. The SMILES string of the molecule is CC(=O)OCCCC(C(=O)/C=C/c1ccc(O)c(OC(F)(F)F)c1)C(=O)/C=C/c1ccc(O)c(OC(F)(F)F)c1. The molecule has 0 saturated heterocycles. The molecule has 0 heterocycles. The largest absolute Gasteiger partial charge is 0.573 e. The minimum absolute atomic E-state index is 0.0216. The van der Waals surface area contributed by atoms with Crippen LogP contribution < -0.4 is 9.47 Å². The van der Waals surface area contributed by atoms with Crippen LogP contribution in [-0.4, -0.2) is 47.1 Å². The van der Waals surface area contributed by atoms with Gasteiger partial charge in [0.2, 0.25) is 0 Å². The standard InChI is InChI=1S/C26H22F6O8/c1-15(33)38-12-2-3-18(19(34)8-4-16-6-10-21(36)23(13-16)39-25(27,28)29)20(35)9-5-17-7-11-22(37)24(14-17)40-26(30,31)32/h4-11,13-14,18,36-37H,2-3,12H2,1H3/b8-4+,9-5+. The zero-order valence-corrected chi connectivity index (χ0v) is 20.6. The van der Waals surface area contributed by atoms with Gasteiger partial charge >= 0.3 is 18.7 Å². The molecule has 2 aromatic rings. The van der Waals surface area contributed by atoms with Gasteiger partial charge in [-0.2, -0.15) is 0 Å². The number of phenolic OH excluding ortho intramolecular Hbond substituents is 2. The summed E-state index contributed by atoms with van der Waals surface area (Å²) in [4.78, 5) is 36.7. The van der Waals surface area contributed by atoms with Gasteiger partial charge in [-0.25, -0.2) is 0 Å². The first-order valence-corrected chi connectivity index (χ1v) is 11.3. The molecule has 0 amide bonds. The van der Waals surface area contributed by atoms with Gasteiger partial charge in [-0.1, -0.05) is 24.3 Å². The molecule has 2 aromatic carbocycles. The molecular formula is C26H22F6O8. The summed E-state index contributed by atoms with van der Waals surface area (Å²) >= 11 is 0. The molecule has 14 heteroatoms. The minimum atomic E-state index is -5.08. The molecule has 2 rings (SSSR count). The Balaban J connectivity index is 2.25. The molecular weight excluding hydrogens is 554 g/mol. The molecule has 0 spiro atoms. The van der Waals surface area contributed by atoms with Crippen LogP contribution in [0.25, 0.3) is 12.2 Å². The normalized spacial score (nSPS) is 12.2. The van der Waals surface area contributed by atoms with Crippen molar-refractivity contribution < 1.29 is 65.1 Å². The highest BCUT2D eigenvalue weighted by atomic mass is 19.4. The van der Waals surface area contributed by atoms with E-state index in [1.54, 1.807) is 0 Å². The first-order valence-electron chi connectivity index (χ1n) is 11.3. The molecule has 0 aliphatic rings. The van der Waals surface area contributed by atoms with Crippen molar-refractivity contribution >= 4 is 29.7 Å². The maximum absolute atomic E-state index is 12.8. The van der Waals surface area contributed by atoms with Crippen molar-refractivity contribution in [2.75, 3.05) is 6.61 Å². The van der Waals surface area contributed by atoms with E-state index in [-0.39, 0.29) is 30.6 Å². The number of hydrogen-bond acceptors (Lipinski definition) is 8. The van der Waals surface area contributed by atoms with Gasteiger partial charge in [0.1, 0.15) is 0 Å². The topological polar surface area (TPSA) is 119 Å². The second kappa shape index (κ2) is 13.5. The maximum atomic E-state index is 12.8. The van der Waals surface area contributed by atoms with E-state index in [1.807, 2.05) is 0 Å². The van der Waals surface area contributed by atoms with Crippen LogP contribution in [0.5, 0.6) is 23.0 Å². The van der Waals surface area contributed by atoms with Crippen LogP contribution in [0.2, 0.25) is 0 Å². The zero-order chi connectivity index (χ0) is 30.1. The molecule has 8 nitrogen and oxygen atoms in total. The summed E-state index contributed by atoms with van der Waals surface area (Å²) in [6.45, 7) is 1.04. The van der Waals surface area contributed by atoms with Gasteiger partial charge < -0.3 is 24.4 Å². The Hall–Kier alpha value is -4.49. The number of aromatic hydroxyl groups is 2. The summed E-state index contributed by atoms with van der Waals surface area (Å²) in [5, 5.41) is 19.1. The Labute approximate surface area is 223 Å². The average molecular weight is 576 g/mol. The molecule has 0 saturated carbocycles.